The second-order valence-corrected chi connectivity index (χ2v) is 7.62. The number of amides is 1. The standard InChI is InChI=1S/C24H22ClN3O2/c1-16-7-9-18(10-8-16)26-24(29)14-28-22-6-4-3-5-21(22)27-23(28)15-30-19-11-12-20(25)17(2)13-19/h3-13H,14-15H2,1-2H3,(H,26,29). The number of aromatic nitrogens is 2. The van der Waals surface area contributed by atoms with Gasteiger partial charge >= 0.3 is 0 Å². The number of hydrogen-bond acceptors (Lipinski definition) is 3. The zero-order valence-corrected chi connectivity index (χ0v) is 17.6. The van der Waals surface area contributed by atoms with Gasteiger partial charge in [0.1, 0.15) is 24.7 Å². The van der Waals surface area contributed by atoms with Gasteiger partial charge in [-0.2, -0.15) is 0 Å². The molecule has 30 heavy (non-hydrogen) atoms. The van der Waals surface area contributed by atoms with E-state index in [1.54, 1.807) is 0 Å². The number of nitrogens with one attached hydrogen (secondary N) is 1. The first kappa shape index (κ1) is 20.0. The molecule has 1 amide bonds. The molecule has 0 atom stereocenters. The molecule has 4 aromatic rings. The van der Waals surface area contributed by atoms with Gasteiger partial charge in [0.25, 0.3) is 0 Å². The molecule has 0 aliphatic carbocycles. The molecule has 4 rings (SSSR count). The van der Waals surface area contributed by atoms with Crippen molar-refractivity contribution < 1.29 is 9.53 Å². The molecular weight excluding hydrogens is 398 g/mol. The Hall–Kier alpha value is -3.31. The summed E-state index contributed by atoms with van der Waals surface area (Å²) in [5, 5.41) is 3.64. The zero-order chi connectivity index (χ0) is 21.1. The van der Waals surface area contributed by atoms with Crippen LogP contribution in [0.3, 0.4) is 0 Å². The number of nitrogens with zero attached hydrogens (tertiary/aromatic N) is 2. The average molecular weight is 420 g/mol. The maximum atomic E-state index is 12.7. The van der Waals surface area contributed by atoms with Crippen molar-refractivity contribution in [2.75, 3.05) is 5.32 Å². The number of hydrogen-bond donors (Lipinski definition) is 1. The van der Waals surface area contributed by atoms with Crippen LogP contribution in [0.2, 0.25) is 5.02 Å². The van der Waals surface area contributed by atoms with Crippen molar-refractivity contribution in [2.45, 2.75) is 27.0 Å². The molecule has 152 valence electrons. The van der Waals surface area contributed by atoms with E-state index in [9.17, 15) is 4.79 Å². The van der Waals surface area contributed by atoms with Crippen LogP contribution in [0, 0.1) is 13.8 Å². The normalized spacial score (nSPS) is 10.9. The molecule has 0 unspecified atom stereocenters. The highest BCUT2D eigenvalue weighted by Crippen LogP contribution is 2.23. The summed E-state index contributed by atoms with van der Waals surface area (Å²) in [6, 6.07) is 21.0. The highest BCUT2D eigenvalue weighted by molar-refractivity contribution is 6.31. The number of imidazole rings is 1. The number of carbonyl (C=O) groups is 1. The van der Waals surface area contributed by atoms with Crippen LogP contribution < -0.4 is 10.1 Å². The average Bonchev–Trinajstić information content (AvgIpc) is 3.08. The van der Waals surface area contributed by atoms with Crippen LogP contribution in [-0.2, 0) is 17.9 Å². The molecule has 0 bridgehead atoms. The Morgan fingerprint density at radius 2 is 1.83 bits per heavy atom. The van der Waals surface area contributed by atoms with Gasteiger partial charge in [0, 0.05) is 10.7 Å². The Balaban J connectivity index is 1.55. The van der Waals surface area contributed by atoms with E-state index < -0.39 is 0 Å². The summed E-state index contributed by atoms with van der Waals surface area (Å²) in [5.41, 5.74) is 4.57. The Morgan fingerprint density at radius 1 is 1.07 bits per heavy atom. The molecule has 0 radical (unpaired) electrons. The van der Waals surface area contributed by atoms with Crippen molar-refractivity contribution in [3.05, 3.63) is 88.7 Å². The SMILES string of the molecule is Cc1ccc(NC(=O)Cn2c(COc3ccc(Cl)c(C)c3)nc3ccccc32)cc1. The summed E-state index contributed by atoms with van der Waals surface area (Å²) in [6.07, 6.45) is 0. The number of para-hydroxylation sites is 2. The van der Waals surface area contributed by atoms with E-state index in [-0.39, 0.29) is 19.1 Å². The fraction of sp³-hybridized carbons (Fsp3) is 0.167. The fourth-order valence-electron chi connectivity index (χ4n) is 3.25. The number of aryl methyl sites for hydroxylation is 2. The van der Waals surface area contributed by atoms with Gasteiger partial charge in [-0.05, 0) is 61.9 Å². The van der Waals surface area contributed by atoms with E-state index >= 15 is 0 Å². The number of halogens is 1. The maximum absolute atomic E-state index is 12.7. The van der Waals surface area contributed by atoms with E-state index in [4.69, 9.17) is 16.3 Å². The van der Waals surface area contributed by atoms with Gasteiger partial charge < -0.3 is 14.6 Å². The Bertz CT molecular complexity index is 1200. The molecule has 0 saturated carbocycles. The first-order chi connectivity index (χ1) is 14.5. The molecule has 0 fully saturated rings. The highest BCUT2D eigenvalue weighted by atomic mass is 35.5. The van der Waals surface area contributed by atoms with E-state index in [0.717, 1.165) is 27.8 Å². The van der Waals surface area contributed by atoms with Gasteiger partial charge in [0.15, 0.2) is 0 Å². The summed E-state index contributed by atoms with van der Waals surface area (Å²) in [7, 11) is 0. The first-order valence-corrected chi connectivity index (χ1v) is 10.1. The molecule has 0 aliphatic rings. The van der Waals surface area contributed by atoms with Crippen LogP contribution in [0.5, 0.6) is 5.75 Å². The minimum atomic E-state index is -0.120. The molecule has 1 heterocycles. The summed E-state index contributed by atoms with van der Waals surface area (Å²) >= 11 is 6.09. The topological polar surface area (TPSA) is 56.2 Å². The lowest BCUT2D eigenvalue weighted by Gasteiger charge is -2.12. The predicted molar refractivity (Wildman–Crippen MR) is 120 cm³/mol. The smallest absolute Gasteiger partial charge is 0.244 e. The summed E-state index contributed by atoms with van der Waals surface area (Å²) in [5.74, 6) is 1.27. The number of benzene rings is 3. The van der Waals surface area contributed by atoms with Crippen molar-refractivity contribution in [3.63, 3.8) is 0 Å². The van der Waals surface area contributed by atoms with Crippen LogP contribution in [0.25, 0.3) is 11.0 Å². The summed E-state index contributed by atoms with van der Waals surface area (Å²) in [6.45, 7) is 4.33. The Kier molecular flexibility index (Phi) is 5.72. The lowest BCUT2D eigenvalue weighted by Crippen LogP contribution is -2.20. The number of ether oxygens (including phenoxy) is 1. The maximum Gasteiger partial charge on any atom is 0.244 e. The highest BCUT2D eigenvalue weighted by Gasteiger charge is 2.14. The molecule has 0 spiro atoms. The van der Waals surface area contributed by atoms with Gasteiger partial charge in [-0.25, -0.2) is 4.98 Å². The van der Waals surface area contributed by atoms with Gasteiger partial charge in [-0.15, -0.1) is 0 Å². The minimum absolute atomic E-state index is 0.120. The molecular formula is C24H22ClN3O2. The second-order valence-electron chi connectivity index (χ2n) is 7.22. The molecule has 0 saturated heterocycles. The third-order valence-corrected chi connectivity index (χ3v) is 5.29. The Labute approximate surface area is 180 Å². The monoisotopic (exact) mass is 419 g/mol. The van der Waals surface area contributed by atoms with E-state index in [1.807, 2.05) is 85.1 Å². The number of carbonyl (C=O) groups excluding carboxylic acids is 1. The first-order valence-electron chi connectivity index (χ1n) is 9.69. The Morgan fingerprint density at radius 3 is 2.60 bits per heavy atom. The van der Waals surface area contributed by atoms with Crippen LogP contribution in [0.1, 0.15) is 17.0 Å². The molecule has 1 N–H and O–H groups in total. The van der Waals surface area contributed by atoms with Crippen molar-refractivity contribution in [2.24, 2.45) is 0 Å². The lowest BCUT2D eigenvalue weighted by atomic mass is 10.2. The van der Waals surface area contributed by atoms with Crippen LogP contribution in [0.4, 0.5) is 5.69 Å². The minimum Gasteiger partial charge on any atom is -0.486 e. The van der Waals surface area contributed by atoms with Crippen LogP contribution in [0.15, 0.2) is 66.7 Å². The number of anilines is 1. The molecule has 1 aromatic heterocycles. The summed E-state index contributed by atoms with van der Waals surface area (Å²) < 4.78 is 7.83. The lowest BCUT2D eigenvalue weighted by molar-refractivity contribution is -0.116. The van der Waals surface area contributed by atoms with E-state index in [0.29, 0.717) is 16.6 Å². The molecule has 5 nitrogen and oxygen atoms in total. The van der Waals surface area contributed by atoms with Crippen molar-refractivity contribution in [1.29, 1.82) is 0 Å². The van der Waals surface area contributed by atoms with Gasteiger partial charge in [-0.3, -0.25) is 4.79 Å². The van der Waals surface area contributed by atoms with Gasteiger partial charge in [-0.1, -0.05) is 41.4 Å². The third kappa shape index (κ3) is 4.47. The van der Waals surface area contributed by atoms with Crippen molar-refractivity contribution in [1.82, 2.24) is 9.55 Å². The van der Waals surface area contributed by atoms with Gasteiger partial charge in [0.05, 0.1) is 11.0 Å². The fourth-order valence-corrected chi connectivity index (χ4v) is 3.37. The number of fused-ring (bicyclic) bond motifs is 1. The van der Waals surface area contributed by atoms with Crippen LogP contribution >= 0.6 is 11.6 Å². The molecule has 0 aliphatic heterocycles. The van der Waals surface area contributed by atoms with E-state index in [1.165, 1.54) is 0 Å². The van der Waals surface area contributed by atoms with Crippen molar-refractivity contribution >= 4 is 34.2 Å². The molecule has 6 heteroatoms. The second kappa shape index (κ2) is 8.59. The van der Waals surface area contributed by atoms with Gasteiger partial charge in [0.2, 0.25) is 5.91 Å². The predicted octanol–water partition coefficient (Wildman–Crippen LogP) is 5.52. The van der Waals surface area contributed by atoms with E-state index in [2.05, 4.69) is 10.3 Å². The summed E-state index contributed by atoms with van der Waals surface area (Å²) in [4.78, 5) is 17.4. The third-order valence-electron chi connectivity index (χ3n) is 4.87. The zero-order valence-electron chi connectivity index (χ0n) is 16.9. The molecule has 3 aromatic carbocycles. The quantitative estimate of drug-likeness (QED) is 0.447. The number of rotatable bonds is 6. The van der Waals surface area contributed by atoms with Crippen LogP contribution in [-0.4, -0.2) is 15.5 Å². The van der Waals surface area contributed by atoms with Crippen molar-refractivity contribution in [3.8, 4) is 5.75 Å². The largest absolute Gasteiger partial charge is 0.486 e.